The van der Waals surface area contributed by atoms with E-state index in [1.807, 2.05) is 30.0 Å². The number of carbonyl (C=O) groups is 2. The molecule has 4 nitrogen and oxygen atoms in total. The molecule has 2 rings (SSSR count). The average Bonchev–Trinajstić information content (AvgIpc) is 2.73. The molecule has 1 atom stereocenters. The molecule has 0 aliphatic carbocycles. The molecular weight excluding hydrogens is 276 g/mol. The summed E-state index contributed by atoms with van der Waals surface area (Å²) in [5.41, 5.74) is 3.00. The van der Waals surface area contributed by atoms with Gasteiger partial charge in [-0.1, -0.05) is 50.8 Å². The minimum absolute atomic E-state index is 0.00464. The van der Waals surface area contributed by atoms with Crippen molar-refractivity contribution in [3.63, 3.8) is 0 Å². The number of benzene rings is 1. The lowest BCUT2D eigenvalue weighted by molar-refractivity contribution is -0.126. The molecule has 1 aliphatic rings. The molecule has 4 heteroatoms. The third kappa shape index (κ3) is 3.49. The molecule has 1 heterocycles. The fraction of sp³-hybridized carbons (Fsp3) is 0.556. The first kappa shape index (κ1) is 16.5. The first-order valence-corrected chi connectivity index (χ1v) is 8.24. The molecule has 0 fully saturated rings. The van der Waals surface area contributed by atoms with Crippen molar-refractivity contribution in [1.82, 2.24) is 5.32 Å². The summed E-state index contributed by atoms with van der Waals surface area (Å²) in [6.45, 7) is 6.40. The molecule has 22 heavy (non-hydrogen) atoms. The van der Waals surface area contributed by atoms with Crippen molar-refractivity contribution in [3.05, 3.63) is 29.3 Å². The van der Waals surface area contributed by atoms with Gasteiger partial charge in [0.2, 0.25) is 5.91 Å². The minimum atomic E-state index is -0.525. The van der Waals surface area contributed by atoms with Gasteiger partial charge in [0, 0.05) is 19.0 Å². The molecule has 1 aliphatic heterocycles. The molecule has 1 aromatic carbocycles. The summed E-state index contributed by atoms with van der Waals surface area (Å²) in [6.07, 6.45) is 5.83. The van der Waals surface area contributed by atoms with Crippen molar-refractivity contribution >= 4 is 17.5 Å². The maximum atomic E-state index is 12.7. The highest BCUT2D eigenvalue weighted by Gasteiger charge is 2.38. The number of rotatable bonds is 7. The zero-order chi connectivity index (χ0) is 16.1. The number of carbonyl (C=O) groups excluding carboxylic acids is 2. The maximum Gasteiger partial charge on any atom is 0.254 e. The van der Waals surface area contributed by atoms with Crippen LogP contribution >= 0.6 is 0 Å². The van der Waals surface area contributed by atoms with Crippen LogP contribution in [-0.2, 0) is 9.59 Å². The van der Waals surface area contributed by atoms with Crippen molar-refractivity contribution < 1.29 is 9.59 Å². The van der Waals surface area contributed by atoms with E-state index in [0.29, 0.717) is 0 Å². The number of hydrogen-bond acceptors (Lipinski definition) is 2. The van der Waals surface area contributed by atoms with E-state index in [9.17, 15) is 9.59 Å². The van der Waals surface area contributed by atoms with Gasteiger partial charge in [-0.15, -0.1) is 0 Å². The summed E-state index contributed by atoms with van der Waals surface area (Å²) >= 11 is 0. The van der Waals surface area contributed by atoms with Crippen LogP contribution < -0.4 is 10.2 Å². The normalized spacial score (nSPS) is 16.8. The molecule has 1 unspecified atom stereocenters. The van der Waals surface area contributed by atoms with Gasteiger partial charge in [-0.25, -0.2) is 0 Å². The number of para-hydroxylation sites is 1. The van der Waals surface area contributed by atoms with Crippen molar-refractivity contribution in [2.75, 3.05) is 11.4 Å². The van der Waals surface area contributed by atoms with Gasteiger partial charge in [0.25, 0.3) is 5.91 Å². The third-order valence-electron chi connectivity index (χ3n) is 4.20. The van der Waals surface area contributed by atoms with E-state index in [2.05, 4.69) is 12.2 Å². The van der Waals surface area contributed by atoms with Crippen LogP contribution in [0.5, 0.6) is 0 Å². The summed E-state index contributed by atoms with van der Waals surface area (Å²) in [5.74, 6) is -0.175. The van der Waals surface area contributed by atoms with E-state index in [0.717, 1.165) is 36.2 Å². The van der Waals surface area contributed by atoms with E-state index < -0.39 is 6.04 Å². The number of fused-ring (bicyclic) bond motifs is 1. The molecule has 0 bridgehead atoms. The highest BCUT2D eigenvalue weighted by molar-refractivity contribution is 6.06. The molecule has 0 aromatic heterocycles. The van der Waals surface area contributed by atoms with Crippen LogP contribution in [0.1, 0.15) is 63.1 Å². The van der Waals surface area contributed by atoms with E-state index >= 15 is 0 Å². The highest BCUT2D eigenvalue weighted by Crippen LogP contribution is 2.38. The molecule has 0 radical (unpaired) electrons. The molecule has 0 saturated carbocycles. The number of aryl methyl sites for hydroxylation is 1. The lowest BCUT2D eigenvalue weighted by Gasteiger charge is -2.19. The Hall–Kier alpha value is -1.84. The van der Waals surface area contributed by atoms with Crippen LogP contribution in [0.2, 0.25) is 0 Å². The van der Waals surface area contributed by atoms with Crippen LogP contribution in [0, 0.1) is 6.92 Å². The summed E-state index contributed by atoms with van der Waals surface area (Å²) in [4.78, 5) is 25.9. The standard InChI is InChI=1S/C18H26N2O2/c1-4-5-6-7-8-12-20-17-13(2)10-9-11-15(17)16(18(20)22)19-14(3)21/h9-11,16H,4-8,12H2,1-3H3,(H,19,21). The zero-order valence-electron chi connectivity index (χ0n) is 13.8. The first-order valence-electron chi connectivity index (χ1n) is 8.24. The van der Waals surface area contributed by atoms with Crippen molar-refractivity contribution in [1.29, 1.82) is 0 Å². The largest absolute Gasteiger partial charge is 0.341 e. The number of nitrogens with zero attached hydrogens (tertiary/aromatic N) is 1. The monoisotopic (exact) mass is 302 g/mol. The molecular formula is C18H26N2O2. The Labute approximate surface area is 132 Å². The number of nitrogens with one attached hydrogen (secondary N) is 1. The fourth-order valence-electron chi connectivity index (χ4n) is 3.12. The summed E-state index contributed by atoms with van der Waals surface area (Å²) in [7, 11) is 0. The Kier molecular flexibility index (Phi) is 5.58. The van der Waals surface area contributed by atoms with E-state index in [1.165, 1.54) is 26.2 Å². The molecule has 1 aromatic rings. The van der Waals surface area contributed by atoms with Gasteiger partial charge in [-0.3, -0.25) is 9.59 Å². The van der Waals surface area contributed by atoms with Crippen LogP contribution in [0.3, 0.4) is 0 Å². The second kappa shape index (κ2) is 7.43. The van der Waals surface area contributed by atoms with Gasteiger partial charge < -0.3 is 10.2 Å². The molecule has 120 valence electrons. The predicted molar refractivity (Wildman–Crippen MR) is 88.8 cm³/mol. The topological polar surface area (TPSA) is 49.4 Å². The van der Waals surface area contributed by atoms with E-state index in [1.54, 1.807) is 0 Å². The highest BCUT2D eigenvalue weighted by atomic mass is 16.2. The van der Waals surface area contributed by atoms with E-state index in [-0.39, 0.29) is 11.8 Å². The van der Waals surface area contributed by atoms with E-state index in [4.69, 9.17) is 0 Å². The van der Waals surface area contributed by atoms with Gasteiger partial charge in [-0.05, 0) is 18.9 Å². The third-order valence-corrected chi connectivity index (χ3v) is 4.20. The molecule has 0 saturated heterocycles. The smallest absolute Gasteiger partial charge is 0.254 e. The Morgan fingerprint density at radius 2 is 1.95 bits per heavy atom. The average molecular weight is 302 g/mol. The van der Waals surface area contributed by atoms with Crippen molar-refractivity contribution in [2.45, 2.75) is 58.9 Å². The zero-order valence-corrected chi connectivity index (χ0v) is 13.8. The second-order valence-corrected chi connectivity index (χ2v) is 6.05. The Morgan fingerprint density at radius 1 is 1.23 bits per heavy atom. The van der Waals surface area contributed by atoms with Gasteiger partial charge >= 0.3 is 0 Å². The lowest BCUT2D eigenvalue weighted by Crippen LogP contribution is -2.37. The molecule has 2 amide bonds. The fourth-order valence-corrected chi connectivity index (χ4v) is 3.12. The van der Waals surface area contributed by atoms with Crippen LogP contribution in [0.4, 0.5) is 5.69 Å². The maximum absolute atomic E-state index is 12.7. The number of hydrogen-bond donors (Lipinski definition) is 1. The van der Waals surface area contributed by atoms with Crippen LogP contribution in [0.15, 0.2) is 18.2 Å². The summed E-state index contributed by atoms with van der Waals surface area (Å²) in [5, 5.41) is 2.79. The van der Waals surface area contributed by atoms with Crippen molar-refractivity contribution in [3.8, 4) is 0 Å². The first-order chi connectivity index (χ1) is 10.6. The van der Waals surface area contributed by atoms with Gasteiger partial charge in [0.15, 0.2) is 0 Å². The Balaban J connectivity index is 2.14. The predicted octanol–water partition coefficient (Wildman–Crippen LogP) is 3.49. The summed E-state index contributed by atoms with van der Waals surface area (Å²) < 4.78 is 0. The Bertz CT molecular complexity index is 554. The minimum Gasteiger partial charge on any atom is -0.341 e. The van der Waals surface area contributed by atoms with Crippen LogP contribution in [0.25, 0.3) is 0 Å². The lowest BCUT2D eigenvalue weighted by atomic mass is 10.1. The SMILES string of the molecule is CCCCCCCN1C(=O)C(NC(C)=O)c2cccc(C)c21. The number of anilines is 1. The van der Waals surface area contributed by atoms with Crippen molar-refractivity contribution in [2.24, 2.45) is 0 Å². The van der Waals surface area contributed by atoms with Crippen LogP contribution in [-0.4, -0.2) is 18.4 Å². The molecule has 1 N–H and O–H groups in total. The number of unbranched alkanes of at least 4 members (excludes halogenated alkanes) is 4. The Morgan fingerprint density at radius 3 is 2.64 bits per heavy atom. The van der Waals surface area contributed by atoms with Gasteiger partial charge in [0.05, 0.1) is 5.69 Å². The number of amides is 2. The van der Waals surface area contributed by atoms with Gasteiger partial charge in [0.1, 0.15) is 6.04 Å². The quantitative estimate of drug-likeness (QED) is 0.784. The second-order valence-electron chi connectivity index (χ2n) is 6.05. The summed E-state index contributed by atoms with van der Waals surface area (Å²) in [6, 6.07) is 5.38. The van der Waals surface area contributed by atoms with Gasteiger partial charge in [-0.2, -0.15) is 0 Å². The molecule has 0 spiro atoms.